The lowest BCUT2D eigenvalue weighted by Crippen LogP contribution is -2.47. The fourth-order valence-electron chi connectivity index (χ4n) is 4.75. The number of fused-ring (bicyclic) bond motifs is 2. The SMILES string of the molecule is CC1C=CC2=C(C1)[C@@H](N1CC/C(=N\O)c3c(O)c(=O)ccn31)c1ccc(F)c(F)c1CS2. The van der Waals surface area contributed by atoms with Gasteiger partial charge in [0.15, 0.2) is 17.4 Å². The van der Waals surface area contributed by atoms with Crippen LogP contribution in [0.5, 0.6) is 5.75 Å². The molecule has 3 aliphatic rings. The number of allylic oxidation sites excluding steroid dienone is 2. The predicted molar refractivity (Wildman–Crippen MR) is 119 cm³/mol. The standard InChI is InChI=1S/C23H21F2N3O3S/c1-12-2-5-19-14(10-12)21(13-3-4-16(24)20(25)15(13)11-32-19)27-8-6-17(26-31)22-23(30)18(29)7-9-28(22)27/h2-5,7,9,12,21,30-31H,6,8,10-11H2,1H3/b26-17+/t12?,21-/m0/s1. The maximum Gasteiger partial charge on any atom is 0.224 e. The Hall–Kier alpha value is -3.07. The molecule has 0 saturated carbocycles. The summed E-state index contributed by atoms with van der Waals surface area (Å²) in [6, 6.07) is 3.56. The monoisotopic (exact) mass is 457 g/mol. The first kappa shape index (κ1) is 20.8. The van der Waals surface area contributed by atoms with Gasteiger partial charge in [-0.1, -0.05) is 30.3 Å². The van der Waals surface area contributed by atoms with Crippen LogP contribution in [0.3, 0.4) is 0 Å². The Kier molecular flexibility index (Phi) is 5.08. The summed E-state index contributed by atoms with van der Waals surface area (Å²) in [6.45, 7) is 2.49. The molecular weight excluding hydrogens is 436 g/mol. The van der Waals surface area contributed by atoms with Crippen LogP contribution in [0.15, 0.2) is 57.0 Å². The summed E-state index contributed by atoms with van der Waals surface area (Å²) in [6.07, 6.45) is 6.67. The highest BCUT2D eigenvalue weighted by Crippen LogP contribution is 2.47. The van der Waals surface area contributed by atoms with Gasteiger partial charge in [0.25, 0.3) is 0 Å². The lowest BCUT2D eigenvalue weighted by molar-refractivity contribution is 0.315. The highest BCUT2D eigenvalue weighted by Gasteiger charge is 2.37. The van der Waals surface area contributed by atoms with E-state index in [1.807, 2.05) is 11.1 Å². The molecule has 32 heavy (non-hydrogen) atoms. The number of thioether (sulfide) groups is 1. The van der Waals surface area contributed by atoms with Gasteiger partial charge >= 0.3 is 0 Å². The Balaban J connectivity index is 1.77. The van der Waals surface area contributed by atoms with E-state index >= 15 is 0 Å². The molecular formula is C23H21F2N3O3S. The van der Waals surface area contributed by atoms with Crippen molar-refractivity contribution in [1.82, 2.24) is 4.68 Å². The fourth-order valence-corrected chi connectivity index (χ4v) is 5.90. The molecule has 3 heterocycles. The van der Waals surface area contributed by atoms with Crippen LogP contribution < -0.4 is 10.4 Å². The number of halogens is 2. The van der Waals surface area contributed by atoms with E-state index < -0.39 is 28.9 Å². The summed E-state index contributed by atoms with van der Waals surface area (Å²) in [5.74, 6) is -1.68. The van der Waals surface area contributed by atoms with Crippen molar-refractivity contribution >= 4 is 17.5 Å². The van der Waals surface area contributed by atoms with Crippen LogP contribution in [0.2, 0.25) is 0 Å². The van der Waals surface area contributed by atoms with Gasteiger partial charge in [0.1, 0.15) is 11.4 Å². The minimum atomic E-state index is -0.887. The second-order valence-corrected chi connectivity index (χ2v) is 9.25. The fraction of sp³-hybridized carbons (Fsp3) is 0.304. The maximum absolute atomic E-state index is 14.9. The zero-order valence-electron chi connectivity index (χ0n) is 17.3. The first-order chi connectivity index (χ1) is 15.4. The highest BCUT2D eigenvalue weighted by molar-refractivity contribution is 8.02. The summed E-state index contributed by atoms with van der Waals surface area (Å²) in [4.78, 5) is 13.1. The van der Waals surface area contributed by atoms with Crippen molar-refractivity contribution in [2.24, 2.45) is 11.1 Å². The van der Waals surface area contributed by atoms with Gasteiger partial charge in [0, 0.05) is 41.5 Å². The molecule has 2 N–H and O–H groups in total. The van der Waals surface area contributed by atoms with Crippen molar-refractivity contribution in [2.75, 3.05) is 11.6 Å². The summed E-state index contributed by atoms with van der Waals surface area (Å²) < 4.78 is 30.6. The summed E-state index contributed by atoms with van der Waals surface area (Å²) >= 11 is 1.48. The van der Waals surface area contributed by atoms with Crippen molar-refractivity contribution in [3.63, 3.8) is 0 Å². The molecule has 1 aromatic carbocycles. The maximum atomic E-state index is 14.9. The average Bonchev–Trinajstić information content (AvgIpc) is 2.95. The Bertz CT molecular complexity index is 1270. The van der Waals surface area contributed by atoms with Crippen LogP contribution in [0.25, 0.3) is 0 Å². The van der Waals surface area contributed by atoms with Crippen LogP contribution >= 0.6 is 11.8 Å². The highest BCUT2D eigenvalue weighted by atomic mass is 32.2. The number of aromatic hydroxyl groups is 1. The van der Waals surface area contributed by atoms with Gasteiger partial charge in [0.2, 0.25) is 5.43 Å². The molecule has 1 aliphatic carbocycles. The largest absolute Gasteiger partial charge is 0.503 e. The first-order valence-electron chi connectivity index (χ1n) is 10.3. The van der Waals surface area contributed by atoms with Gasteiger partial charge < -0.3 is 15.3 Å². The van der Waals surface area contributed by atoms with Gasteiger partial charge in [-0.3, -0.25) is 9.47 Å². The molecule has 0 amide bonds. The van der Waals surface area contributed by atoms with Crippen molar-refractivity contribution in [3.8, 4) is 5.75 Å². The zero-order valence-corrected chi connectivity index (χ0v) is 18.1. The van der Waals surface area contributed by atoms with Gasteiger partial charge in [-0.2, -0.15) is 0 Å². The summed E-state index contributed by atoms with van der Waals surface area (Å²) in [5.41, 5.74) is 1.74. The van der Waals surface area contributed by atoms with Crippen LogP contribution in [0.1, 0.15) is 42.6 Å². The number of aromatic nitrogens is 1. The second-order valence-electron chi connectivity index (χ2n) is 8.23. The molecule has 2 aromatic rings. The molecule has 6 nitrogen and oxygen atoms in total. The molecule has 0 radical (unpaired) electrons. The van der Waals surface area contributed by atoms with Crippen LogP contribution in [0.4, 0.5) is 8.78 Å². The van der Waals surface area contributed by atoms with E-state index in [-0.39, 0.29) is 23.7 Å². The third-order valence-corrected chi connectivity index (χ3v) is 7.41. The Morgan fingerprint density at radius 1 is 1.25 bits per heavy atom. The molecule has 0 saturated heterocycles. The number of benzene rings is 1. The molecule has 166 valence electrons. The molecule has 2 aliphatic heterocycles. The third kappa shape index (κ3) is 3.14. The molecule has 0 bridgehead atoms. The average molecular weight is 458 g/mol. The number of hydrogen-bond donors (Lipinski definition) is 2. The van der Waals surface area contributed by atoms with Crippen LogP contribution in [-0.4, -0.2) is 27.2 Å². The third-order valence-electron chi connectivity index (χ3n) is 6.26. The second kappa shape index (κ2) is 7.81. The van der Waals surface area contributed by atoms with E-state index in [0.717, 1.165) is 23.0 Å². The molecule has 0 spiro atoms. The molecule has 1 aromatic heterocycles. The van der Waals surface area contributed by atoms with Gasteiger partial charge in [-0.05, 0) is 29.5 Å². The van der Waals surface area contributed by atoms with Gasteiger partial charge in [-0.15, -0.1) is 11.8 Å². The number of pyridine rings is 1. The number of rotatable bonds is 1. The van der Waals surface area contributed by atoms with E-state index in [1.54, 1.807) is 10.7 Å². The summed E-state index contributed by atoms with van der Waals surface area (Å²) in [5, 5.41) is 25.2. The van der Waals surface area contributed by atoms with E-state index in [4.69, 9.17) is 0 Å². The van der Waals surface area contributed by atoms with Crippen molar-refractivity contribution in [1.29, 1.82) is 0 Å². The molecule has 2 atom stereocenters. The van der Waals surface area contributed by atoms with Crippen LogP contribution in [-0.2, 0) is 5.75 Å². The first-order valence-corrected chi connectivity index (χ1v) is 11.3. The van der Waals surface area contributed by atoms with Crippen molar-refractivity contribution < 1.29 is 19.1 Å². The van der Waals surface area contributed by atoms with E-state index in [1.165, 1.54) is 24.0 Å². The van der Waals surface area contributed by atoms with Crippen molar-refractivity contribution in [3.05, 3.63) is 85.7 Å². The minimum Gasteiger partial charge on any atom is -0.503 e. The quantitative estimate of drug-likeness (QED) is 0.496. The van der Waals surface area contributed by atoms with Gasteiger partial charge in [0.05, 0.1) is 6.04 Å². The molecule has 0 fully saturated rings. The predicted octanol–water partition coefficient (Wildman–Crippen LogP) is 4.19. The number of nitrogens with zero attached hydrogens (tertiary/aromatic N) is 3. The number of hydrogen-bond acceptors (Lipinski definition) is 6. The Morgan fingerprint density at radius 3 is 2.84 bits per heavy atom. The van der Waals surface area contributed by atoms with E-state index in [0.29, 0.717) is 23.4 Å². The van der Waals surface area contributed by atoms with Gasteiger partial charge in [-0.25, -0.2) is 8.78 Å². The zero-order chi connectivity index (χ0) is 22.6. The lowest BCUT2D eigenvalue weighted by Gasteiger charge is -2.42. The lowest BCUT2D eigenvalue weighted by atomic mass is 9.85. The van der Waals surface area contributed by atoms with Crippen molar-refractivity contribution in [2.45, 2.75) is 31.6 Å². The van der Waals surface area contributed by atoms with Crippen LogP contribution in [0, 0.1) is 17.6 Å². The number of oxime groups is 1. The Morgan fingerprint density at radius 2 is 2.06 bits per heavy atom. The Labute approximate surface area is 187 Å². The minimum absolute atomic E-state index is 0.105. The van der Waals surface area contributed by atoms with E-state index in [2.05, 4.69) is 18.2 Å². The summed E-state index contributed by atoms with van der Waals surface area (Å²) in [7, 11) is 0. The molecule has 5 rings (SSSR count). The normalized spacial score (nSPS) is 23.6. The molecule has 1 unspecified atom stereocenters. The molecule has 9 heteroatoms. The smallest absolute Gasteiger partial charge is 0.224 e. The topological polar surface area (TPSA) is 78.1 Å². The van der Waals surface area contributed by atoms with E-state index in [9.17, 15) is 23.9 Å².